The topological polar surface area (TPSA) is 87.1 Å². The van der Waals surface area contributed by atoms with Crippen molar-refractivity contribution in [3.05, 3.63) is 29.8 Å². The summed E-state index contributed by atoms with van der Waals surface area (Å²) in [5.41, 5.74) is -2.86. The fourth-order valence-corrected chi connectivity index (χ4v) is 2.61. The highest BCUT2D eigenvalue weighted by atomic mass is 19.4. The van der Waals surface area contributed by atoms with Gasteiger partial charge in [0.2, 0.25) is 0 Å². The number of hydrogen-bond donors (Lipinski definition) is 2. The van der Waals surface area contributed by atoms with Gasteiger partial charge in [0.05, 0.1) is 5.56 Å². The number of nitrogens with zero attached hydrogens (tertiary/aromatic N) is 1. The van der Waals surface area contributed by atoms with E-state index in [1.807, 2.05) is 0 Å². The van der Waals surface area contributed by atoms with Crippen LogP contribution in [0, 0.1) is 0 Å². The van der Waals surface area contributed by atoms with Gasteiger partial charge in [-0.05, 0) is 19.1 Å². The van der Waals surface area contributed by atoms with Crippen LogP contribution >= 0.6 is 0 Å². The van der Waals surface area contributed by atoms with E-state index in [1.54, 1.807) is 0 Å². The minimum Gasteiger partial charge on any atom is -0.480 e. The Bertz CT molecular complexity index is 653. The average molecular weight is 361 g/mol. The van der Waals surface area contributed by atoms with E-state index in [9.17, 15) is 27.9 Å². The van der Waals surface area contributed by atoms with Crippen molar-refractivity contribution in [1.29, 1.82) is 0 Å². The fourth-order valence-electron chi connectivity index (χ4n) is 2.61. The van der Waals surface area contributed by atoms with Gasteiger partial charge in [-0.25, -0.2) is 4.79 Å². The van der Waals surface area contributed by atoms with Gasteiger partial charge >= 0.3 is 12.1 Å². The van der Waals surface area contributed by atoms with Crippen LogP contribution in [0.5, 0.6) is 5.75 Å². The molecule has 0 spiro atoms. The lowest BCUT2D eigenvalue weighted by molar-refractivity contribution is -0.166. The number of aliphatic hydroxyl groups is 1. The zero-order valence-electron chi connectivity index (χ0n) is 13.4. The van der Waals surface area contributed by atoms with Gasteiger partial charge in [-0.1, -0.05) is 12.1 Å². The first kappa shape index (κ1) is 19.0. The normalized spacial score (nSPS) is 18.5. The molecule has 1 unspecified atom stereocenters. The smallest absolute Gasteiger partial charge is 0.419 e. The summed E-state index contributed by atoms with van der Waals surface area (Å²) in [6.45, 7) is 1.29. The number of carboxylic acids is 1. The maximum atomic E-state index is 13.0. The minimum absolute atomic E-state index is 0.0176. The molecule has 25 heavy (non-hydrogen) atoms. The van der Waals surface area contributed by atoms with E-state index in [2.05, 4.69) is 0 Å². The fraction of sp³-hybridized carbons (Fsp3) is 0.500. The van der Waals surface area contributed by atoms with Crippen LogP contribution in [0.3, 0.4) is 0 Å². The van der Waals surface area contributed by atoms with Crippen LogP contribution in [-0.2, 0) is 15.8 Å². The molecule has 1 atom stereocenters. The Labute approximate surface area is 141 Å². The third kappa shape index (κ3) is 4.22. The molecule has 0 radical (unpaired) electrons. The molecule has 0 saturated carbocycles. The second-order valence-corrected chi connectivity index (χ2v) is 5.92. The first-order chi connectivity index (χ1) is 11.5. The SMILES string of the molecule is CC(Oc1ccccc1C(F)(F)F)C(=O)N1CCC(O)(C(=O)O)CC1. The summed E-state index contributed by atoms with van der Waals surface area (Å²) in [6, 6.07) is 4.58. The van der Waals surface area contributed by atoms with Crippen LogP contribution in [0.4, 0.5) is 13.2 Å². The summed E-state index contributed by atoms with van der Waals surface area (Å²) >= 11 is 0. The van der Waals surface area contributed by atoms with Crippen molar-refractivity contribution in [2.45, 2.75) is 37.6 Å². The molecule has 1 saturated heterocycles. The first-order valence-electron chi connectivity index (χ1n) is 7.62. The van der Waals surface area contributed by atoms with Crippen LogP contribution in [0.2, 0.25) is 0 Å². The van der Waals surface area contributed by atoms with E-state index in [1.165, 1.54) is 24.0 Å². The molecule has 1 amide bonds. The van der Waals surface area contributed by atoms with Crippen LogP contribution in [0.25, 0.3) is 0 Å². The van der Waals surface area contributed by atoms with Crippen LogP contribution < -0.4 is 4.74 Å². The van der Waals surface area contributed by atoms with Crippen molar-refractivity contribution in [3.63, 3.8) is 0 Å². The van der Waals surface area contributed by atoms with Crippen LogP contribution in [0.1, 0.15) is 25.3 Å². The van der Waals surface area contributed by atoms with E-state index >= 15 is 0 Å². The monoisotopic (exact) mass is 361 g/mol. The third-order valence-electron chi connectivity index (χ3n) is 4.14. The van der Waals surface area contributed by atoms with Crippen molar-refractivity contribution in [3.8, 4) is 5.75 Å². The van der Waals surface area contributed by atoms with Crippen molar-refractivity contribution in [2.75, 3.05) is 13.1 Å². The number of para-hydroxylation sites is 1. The molecule has 0 bridgehead atoms. The third-order valence-corrected chi connectivity index (χ3v) is 4.14. The number of hydrogen-bond acceptors (Lipinski definition) is 4. The summed E-state index contributed by atoms with van der Waals surface area (Å²) in [7, 11) is 0. The Kier molecular flexibility index (Phi) is 5.26. The lowest BCUT2D eigenvalue weighted by Gasteiger charge is -2.36. The highest BCUT2D eigenvalue weighted by Gasteiger charge is 2.41. The highest BCUT2D eigenvalue weighted by Crippen LogP contribution is 2.36. The second-order valence-electron chi connectivity index (χ2n) is 5.92. The highest BCUT2D eigenvalue weighted by molar-refractivity contribution is 5.82. The molecule has 1 aromatic carbocycles. The molecule has 0 aliphatic carbocycles. The number of alkyl halides is 3. The number of carbonyl (C=O) groups is 2. The van der Waals surface area contributed by atoms with E-state index in [0.29, 0.717) is 0 Å². The zero-order chi connectivity index (χ0) is 18.8. The molecule has 9 heteroatoms. The van der Waals surface area contributed by atoms with Gasteiger partial charge < -0.3 is 19.8 Å². The van der Waals surface area contributed by atoms with Gasteiger partial charge in [0.15, 0.2) is 11.7 Å². The molecular formula is C16H18F3NO5. The van der Waals surface area contributed by atoms with Gasteiger partial charge in [0.1, 0.15) is 5.75 Å². The predicted octanol–water partition coefficient (Wildman–Crippen LogP) is 1.91. The molecule has 1 aliphatic rings. The lowest BCUT2D eigenvalue weighted by atomic mass is 9.91. The number of aliphatic carboxylic acids is 1. The number of carboxylic acid groups (broad SMARTS) is 1. The molecule has 1 aliphatic heterocycles. The maximum absolute atomic E-state index is 13.0. The number of amides is 1. The Balaban J connectivity index is 2.04. The summed E-state index contributed by atoms with van der Waals surface area (Å²) in [5, 5.41) is 18.8. The molecule has 1 aromatic rings. The molecule has 0 aromatic heterocycles. The number of carbonyl (C=O) groups excluding carboxylic acids is 1. The van der Waals surface area contributed by atoms with E-state index in [4.69, 9.17) is 9.84 Å². The number of halogens is 3. The van der Waals surface area contributed by atoms with E-state index < -0.39 is 41.1 Å². The summed E-state index contributed by atoms with van der Waals surface area (Å²) in [6.07, 6.45) is -6.10. The molecular weight excluding hydrogens is 343 g/mol. The standard InChI is InChI=1S/C16H18F3NO5/c1-10(25-12-5-3-2-4-11(12)16(17,18)19)13(21)20-8-6-15(24,7-9-20)14(22)23/h2-5,10,24H,6-9H2,1H3,(H,22,23). The zero-order valence-corrected chi connectivity index (χ0v) is 13.4. The number of piperidine rings is 1. The van der Waals surface area contributed by atoms with Gasteiger partial charge in [-0.3, -0.25) is 4.79 Å². The first-order valence-corrected chi connectivity index (χ1v) is 7.62. The van der Waals surface area contributed by atoms with E-state index in [0.717, 1.165) is 12.1 Å². The molecule has 2 rings (SSSR count). The van der Waals surface area contributed by atoms with Crippen molar-refractivity contribution in [2.24, 2.45) is 0 Å². The molecule has 2 N–H and O–H groups in total. The Morgan fingerprint density at radius 1 is 1.24 bits per heavy atom. The Morgan fingerprint density at radius 3 is 2.32 bits per heavy atom. The minimum atomic E-state index is -4.61. The maximum Gasteiger partial charge on any atom is 0.419 e. The predicted molar refractivity (Wildman–Crippen MR) is 79.9 cm³/mol. The number of rotatable bonds is 4. The van der Waals surface area contributed by atoms with Gasteiger partial charge in [0, 0.05) is 25.9 Å². The summed E-state index contributed by atoms with van der Waals surface area (Å²) in [5.74, 6) is -2.37. The quantitative estimate of drug-likeness (QED) is 0.856. The summed E-state index contributed by atoms with van der Waals surface area (Å²) < 4.78 is 44.1. The average Bonchev–Trinajstić information content (AvgIpc) is 2.54. The van der Waals surface area contributed by atoms with Gasteiger partial charge in [-0.2, -0.15) is 13.2 Å². The number of ether oxygens (including phenoxy) is 1. The van der Waals surface area contributed by atoms with E-state index in [-0.39, 0.29) is 25.9 Å². The number of benzene rings is 1. The summed E-state index contributed by atoms with van der Waals surface area (Å²) in [4.78, 5) is 24.6. The van der Waals surface area contributed by atoms with Crippen molar-refractivity contribution in [1.82, 2.24) is 4.90 Å². The molecule has 6 nitrogen and oxygen atoms in total. The van der Waals surface area contributed by atoms with Crippen molar-refractivity contribution >= 4 is 11.9 Å². The van der Waals surface area contributed by atoms with Gasteiger partial charge in [-0.15, -0.1) is 0 Å². The van der Waals surface area contributed by atoms with Gasteiger partial charge in [0.25, 0.3) is 5.91 Å². The largest absolute Gasteiger partial charge is 0.480 e. The Morgan fingerprint density at radius 2 is 1.80 bits per heavy atom. The second kappa shape index (κ2) is 6.91. The number of likely N-dealkylation sites (tertiary alicyclic amines) is 1. The molecule has 1 fully saturated rings. The van der Waals surface area contributed by atoms with Crippen LogP contribution in [-0.4, -0.2) is 51.8 Å². The molecule has 138 valence electrons. The lowest BCUT2D eigenvalue weighted by Crippen LogP contribution is -2.53. The Hall–Kier alpha value is -2.29. The van der Waals surface area contributed by atoms with Crippen LogP contribution in [0.15, 0.2) is 24.3 Å². The van der Waals surface area contributed by atoms with Crippen molar-refractivity contribution < 1.29 is 37.7 Å². The molecule has 1 heterocycles.